The number of nitro benzene ring substituents is 1. The van der Waals surface area contributed by atoms with Crippen LogP contribution in [0.15, 0.2) is 23.1 Å². The van der Waals surface area contributed by atoms with Gasteiger partial charge in [-0.2, -0.15) is 4.39 Å². The van der Waals surface area contributed by atoms with Crippen LogP contribution in [0.1, 0.15) is 12.8 Å². The van der Waals surface area contributed by atoms with E-state index in [0.717, 1.165) is 25.0 Å². The molecule has 1 saturated carbocycles. The van der Waals surface area contributed by atoms with Crippen LogP contribution in [0.5, 0.6) is 0 Å². The van der Waals surface area contributed by atoms with E-state index in [9.17, 15) is 22.9 Å². The minimum atomic E-state index is -3.95. The molecular formula is C11H13FN2O5S. The number of benzene rings is 1. The fourth-order valence-corrected chi connectivity index (χ4v) is 2.87. The van der Waals surface area contributed by atoms with Gasteiger partial charge in [0.05, 0.1) is 9.82 Å². The Balaban J connectivity index is 2.17. The number of halogens is 1. The lowest BCUT2D eigenvalue weighted by molar-refractivity contribution is -0.387. The minimum Gasteiger partial charge on any atom is -0.396 e. The van der Waals surface area contributed by atoms with E-state index in [4.69, 9.17) is 5.11 Å². The van der Waals surface area contributed by atoms with Crippen LogP contribution >= 0.6 is 0 Å². The van der Waals surface area contributed by atoms with Gasteiger partial charge >= 0.3 is 5.69 Å². The van der Waals surface area contributed by atoms with Crippen LogP contribution in [-0.2, 0) is 10.0 Å². The molecule has 1 fully saturated rings. The third kappa shape index (κ3) is 2.94. The SMILES string of the molecule is O=[N+]([O-])c1ccc(S(=O)(=O)NCC2(CO)CC2)cc1F. The first kappa shape index (κ1) is 14.8. The first-order chi connectivity index (χ1) is 9.30. The second-order valence-electron chi connectivity index (χ2n) is 4.85. The van der Waals surface area contributed by atoms with Crippen molar-refractivity contribution in [3.8, 4) is 0 Å². The average molecular weight is 304 g/mol. The van der Waals surface area contributed by atoms with Crippen molar-refractivity contribution in [2.45, 2.75) is 17.7 Å². The molecule has 1 aromatic rings. The van der Waals surface area contributed by atoms with Crippen molar-refractivity contribution in [3.05, 3.63) is 34.1 Å². The summed E-state index contributed by atoms with van der Waals surface area (Å²) in [5.41, 5.74) is -1.20. The van der Waals surface area contributed by atoms with Crippen LogP contribution in [0.3, 0.4) is 0 Å². The van der Waals surface area contributed by atoms with Gasteiger partial charge in [0, 0.05) is 30.7 Å². The van der Waals surface area contributed by atoms with E-state index in [-0.39, 0.29) is 18.0 Å². The zero-order valence-corrected chi connectivity index (χ0v) is 11.2. The molecule has 0 spiro atoms. The van der Waals surface area contributed by atoms with E-state index in [0.29, 0.717) is 6.07 Å². The summed E-state index contributed by atoms with van der Waals surface area (Å²) in [6.07, 6.45) is 1.45. The van der Waals surface area contributed by atoms with Crippen LogP contribution < -0.4 is 4.72 Å². The fraction of sp³-hybridized carbons (Fsp3) is 0.455. The van der Waals surface area contributed by atoms with Gasteiger partial charge in [-0.15, -0.1) is 0 Å². The van der Waals surface area contributed by atoms with E-state index in [1.807, 2.05) is 0 Å². The van der Waals surface area contributed by atoms with Crippen molar-refractivity contribution in [2.24, 2.45) is 5.41 Å². The highest BCUT2D eigenvalue weighted by Gasteiger charge is 2.42. The Bertz CT molecular complexity index is 642. The predicted octanol–water partition coefficient (Wildman–Crippen LogP) is 0.785. The largest absolute Gasteiger partial charge is 0.396 e. The standard InChI is InChI=1S/C11H13FN2O5S/c12-9-5-8(1-2-10(9)14(16)17)20(18,19)13-6-11(7-15)3-4-11/h1-2,5,13,15H,3-4,6-7H2. The van der Waals surface area contributed by atoms with Gasteiger partial charge in [0.25, 0.3) is 0 Å². The van der Waals surface area contributed by atoms with Crippen molar-refractivity contribution < 1.29 is 22.8 Å². The summed E-state index contributed by atoms with van der Waals surface area (Å²) in [5.74, 6) is -1.21. The number of aliphatic hydroxyl groups is 1. The maximum atomic E-state index is 13.4. The van der Waals surface area contributed by atoms with Gasteiger partial charge < -0.3 is 5.11 Å². The number of nitro groups is 1. The molecule has 7 nitrogen and oxygen atoms in total. The summed E-state index contributed by atoms with van der Waals surface area (Å²) >= 11 is 0. The molecule has 2 rings (SSSR count). The van der Waals surface area contributed by atoms with Crippen molar-refractivity contribution in [3.63, 3.8) is 0 Å². The number of nitrogens with zero attached hydrogens (tertiary/aromatic N) is 1. The monoisotopic (exact) mass is 304 g/mol. The molecule has 20 heavy (non-hydrogen) atoms. The zero-order chi connectivity index (χ0) is 15.0. The molecule has 1 aliphatic carbocycles. The topological polar surface area (TPSA) is 110 Å². The molecule has 0 atom stereocenters. The summed E-state index contributed by atoms with van der Waals surface area (Å²) in [6, 6.07) is 2.39. The Labute approximate surface area is 114 Å². The summed E-state index contributed by atoms with van der Waals surface area (Å²) < 4.78 is 39.5. The van der Waals surface area contributed by atoms with Crippen LogP contribution in [-0.4, -0.2) is 31.6 Å². The average Bonchev–Trinajstić information content (AvgIpc) is 3.16. The Hall–Kier alpha value is -1.58. The van der Waals surface area contributed by atoms with E-state index in [1.54, 1.807) is 0 Å². The van der Waals surface area contributed by atoms with E-state index in [2.05, 4.69) is 4.72 Å². The molecule has 0 aromatic heterocycles. The van der Waals surface area contributed by atoms with E-state index in [1.165, 1.54) is 0 Å². The van der Waals surface area contributed by atoms with Gasteiger partial charge in [-0.25, -0.2) is 13.1 Å². The van der Waals surface area contributed by atoms with Gasteiger partial charge in [0.15, 0.2) is 0 Å². The van der Waals surface area contributed by atoms with Crippen molar-refractivity contribution in [2.75, 3.05) is 13.2 Å². The van der Waals surface area contributed by atoms with Crippen LogP contribution in [0.2, 0.25) is 0 Å². The highest BCUT2D eigenvalue weighted by molar-refractivity contribution is 7.89. The van der Waals surface area contributed by atoms with Crippen molar-refractivity contribution in [1.29, 1.82) is 0 Å². The summed E-state index contributed by atoms with van der Waals surface area (Å²) in [5, 5.41) is 19.6. The Morgan fingerprint density at radius 3 is 2.55 bits per heavy atom. The Kier molecular flexibility index (Phi) is 3.76. The predicted molar refractivity (Wildman–Crippen MR) is 67.0 cm³/mol. The highest BCUT2D eigenvalue weighted by Crippen LogP contribution is 2.44. The summed E-state index contributed by atoms with van der Waals surface area (Å²) in [6.45, 7) is -0.0609. The molecule has 9 heteroatoms. The minimum absolute atomic E-state index is 0.0600. The van der Waals surface area contributed by atoms with Gasteiger partial charge in [-0.3, -0.25) is 10.1 Å². The summed E-state index contributed by atoms with van der Waals surface area (Å²) in [4.78, 5) is 9.15. The van der Waals surface area contributed by atoms with Gasteiger partial charge in [0.1, 0.15) is 0 Å². The number of rotatable bonds is 6. The summed E-state index contributed by atoms with van der Waals surface area (Å²) in [7, 11) is -3.95. The van der Waals surface area contributed by atoms with Crippen molar-refractivity contribution >= 4 is 15.7 Å². The molecule has 110 valence electrons. The third-order valence-corrected chi connectivity index (χ3v) is 4.75. The number of hydrogen-bond donors (Lipinski definition) is 2. The lowest BCUT2D eigenvalue weighted by atomic mass is 10.1. The number of aliphatic hydroxyl groups excluding tert-OH is 1. The molecule has 1 aromatic carbocycles. The van der Waals surface area contributed by atoms with Crippen molar-refractivity contribution in [1.82, 2.24) is 4.72 Å². The second-order valence-corrected chi connectivity index (χ2v) is 6.62. The maximum Gasteiger partial charge on any atom is 0.304 e. The molecule has 0 unspecified atom stereocenters. The van der Waals surface area contributed by atoms with Gasteiger partial charge in [-0.1, -0.05) is 0 Å². The Morgan fingerprint density at radius 2 is 2.10 bits per heavy atom. The molecule has 0 heterocycles. The van der Waals surface area contributed by atoms with Crippen LogP contribution in [0.4, 0.5) is 10.1 Å². The number of nitrogens with one attached hydrogen (secondary N) is 1. The van der Waals surface area contributed by atoms with E-state index < -0.39 is 31.9 Å². The second kappa shape index (κ2) is 5.08. The normalized spacial score (nSPS) is 16.9. The van der Waals surface area contributed by atoms with Crippen LogP contribution in [0.25, 0.3) is 0 Å². The number of hydrogen-bond acceptors (Lipinski definition) is 5. The highest BCUT2D eigenvalue weighted by atomic mass is 32.2. The molecule has 0 aliphatic heterocycles. The fourth-order valence-electron chi connectivity index (χ4n) is 1.70. The van der Waals surface area contributed by atoms with Gasteiger partial charge in [0.2, 0.25) is 15.8 Å². The molecule has 0 radical (unpaired) electrons. The quantitative estimate of drug-likeness (QED) is 0.596. The van der Waals surface area contributed by atoms with E-state index >= 15 is 0 Å². The molecule has 0 saturated heterocycles. The molecule has 2 N–H and O–H groups in total. The molecule has 1 aliphatic rings. The lowest BCUT2D eigenvalue weighted by Gasteiger charge is -2.13. The molecular weight excluding hydrogens is 291 g/mol. The smallest absolute Gasteiger partial charge is 0.304 e. The van der Waals surface area contributed by atoms with Gasteiger partial charge in [-0.05, 0) is 18.9 Å². The third-order valence-electron chi connectivity index (χ3n) is 3.36. The first-order valence-corrected chi connectivity index (χ1v) is 7.32. The molecule has 0 bridgehead atoms. The molecule has 0 amide bonds. The first-order valence-electron chi connectivity index (χ1n) is 5.84. The maximum absolute atomic E-state index is 13.4. The van der Waals surface area contributed by atoms with Crippen LogP contribution in [0, 0.1) is 21.3 Å². The lowest BCUT2D eigenvalue weighted by Crippen LogP contribution is -2.32. The zero-order valence-electron chi connectivity index (χ0n) is 10.4. The Morgan fingerprint density at radius 1 is 1.45 bits per heavy atom. The number of sulfonamides is 1.